The Bertz CT molecular complexity index is 836. The molecule has 0 saturated heterocycles. The second-order valence-corrected chi connectivity index (χ2v) is 6.88. The van der Waals surface area contributed by atoms with Crippen molar-refractivity contribution in [3.63, 3.8) is 0 Å². The van der Waals surface area contributed by atoms with Crippen LogP contribution in [-0.4, -0.2) is 38.8 Å². The molecule has 6 nitrogen and oxygen atoms in total. The maximum absolute atomic E-state index is 12.6. The molecule has 1 aliphatic heterocycles. The highest BCUT2D eigenvalue weighted by atomic mass is 16.2. The van der Waals surface area contributed by atoms with E-state index < -0.39 is 6.04 Å². The predicted molar refractivity (Wildman–Crippen MR) is 101 cm³/mol. The lowest BCUT2D eigenvalue weighted by molar-refractivity contribution is -0.117. The summed E-state index contributed by atoms with van der Waals surface area (Å²) >= 11 is 0. The van der Waals surface area contributed by atoms with Gasteiger partial charge in [0.25, 0.3) is 5.91 Å². The van der Waals surface area contributed by atoms with Crippen molar-refractivity contribution in [3.05, 3.63) is 54.6 Å². The molecule has 1 aliphatic rings. The summed E-state index contributed by atoms with van der Waals surface area (Å²) in [7, 11) is 6.27. The van der Waals surface area contributed by atoms with Gasteiger partial charge in [-0.2, -0.15) is 20.3 Å². The van der Waals surface area contributed by atoms with E-state index in [1.807, 2.05) is 54.6 Å². The van der Waals surface area contributed by atoms with Gasteiger partial charge in [0.1, 0.15) is 5.69 Å². The number of hydrazone groups is 1. The Labute approximate surface area is 147 Å². The average Bonchev–Trinajstić information content (AvgIpc) is 2.88. The smallest absolute Gasteiger partial charge is 0.280 e. The van der Waals surface area contributed by atoms with Crippen molar-refractivity contribution >= 4 is 28.7 Å². The number of nitrogens with zero attached hydrogens (tertiary/aromatic N) is 5. The van der Waals surface area contributed by atoms with Crippen molar-refractivity contribution in [3.8, 4) is 0 Å². The molecule has 0 aromatic heterocycles. The summed E-state index contributed by atoms with van der Waals surface area (Å²) in [4.78, 5) is 12.6. The second kappa shape index (κ2) is 6.57. The van der Waals surface area contributed by atoms with Gasteiger partial charge in [-0.05, 0) is 31.2 Å². The third-order valence-corrected chi connectivity index (χ3v) is 3.99. The van der Waals surface area contributed by atoms with Crippen molar-refractivity contribution in [2.75, 3.05) is 26.2 Å². The number of amides is 1. The number of benzene rings is 2. The number of quaternary nitrogens is 1. The fourth-order valence-electron chi connectivity index (χ4n) is 2.54. The van der Waals surface area contributed by atoms with Gasteiger partial charge in [-0.3, -0.25) is 9.28 Å². The molecule has 0 spiro atoms. The third kappa shape index (κ3) is 3.64. The summed E-state index contributed by atoms with van der Waals surface area (Å²) in [6, 6.07) is 16.5. The number of rotatable bonds is 4. The van der Waals surface area contributed by atoms with Crippen LogP contribution in [0.5, 0.6) is 0 Å². The Hall–Kier alpha value is -2.86. The van der Waals surface area contributed by atoms with E-state index in [0.717, 1.165) is 17.1 Å². The highest BCUT2D eigenvalue weighted by Gasteiger charge is 2.34. The lowest BCUT2D eigenvalue weighted by Crippen LogP contribution is -2.34. The van der Waals surface area contributed by atoms with Crippen LogP contribution in [0.15, 0.2) is 69.9 Å². The molecular weight excluding hydrogens is 314 g/mol. The van der Waals surface area contributed by atoms with Crippen molar-refractivity contribution in [2.45, 2.75) is 13.0 Å². The molecule has 1 amide bonds. The zero-order valence-electron chi connectivity index (χ0n) is 14.9. The van der Waals surface area contributed by atoms with E-state index >= 15 is 0 Å². The van der Waals surface area contributed by atoms with Crippen molar-refractivity contribution in [1.29, 1.82) is 0 Å². The van der Waals surface area contributed by atoms with Gasteiger partial charge < -0.3 is 0 Å². The predicted octanol–water partition coefficient (Wildman–Crippen LogP) is 3.76. The molecule has 6 heteroatoms. The number of hydrogen-bond donors (Lipinski definition) is 0. The minimum Gasteiger partial charge on any atom is -0.298 e. The van der Waals surface area contributed by atoms with Gasteiger partial charge in [-0.1, -0.05) is 24.3 Å². The fraction of sp³-hybridized carbons (Fsp3) is 0.263. The quantitative estimate of drug-likeness (QED) is 0.619. The Kier molecular flexibility index (Phi) is 4.46. The van der Waals surface area contributed by atoms with E-state index in [0.29, 0.717) is 10.2 Å². The van der Waals surface area contributed by atoms with Gasteiger partial charge in [0.15, 0.2) is 6.04 Å². The number of azo groups is 1. The summed E-state index contributed by atoms with van der Waals surface area (Å²) in [6.07, 6.45) is 0. The average molecular weight is 336 g/mol. The molecule has 2 aromatic carbocycles. The molecule has 1 atom stereocenters. The first-order valence-corrected chi connectivity index (χ1v) is 8.13. The van der Waals surface area contributed by atoms with Crippen LogP contribution in [0, 0.1) is 0 Å². The van der Waals surface area contributed by atoms with Crippen LogP contribution in [0.1, 0.15) is 6.92 Å². The molecule has 0 aliphatic carbocycles. The van der Waals surface area contributed by atoms with Gasteiger partial charge in [0, 0.05) is 6.07 Å². The first-order chi connectivity index (χ1) is 11.9. The summed E-state index contributed by atoms with van der Waals surface area (Å²) in [6.45, 7) is 1.80. The van der Waals surface area contributed by atoms with Gasteiger partial charge in [-0.25, -0.2) is 0 Å². The molecule has 1 heterocycles. The zero-order valence-corrected chi connectivity index (χ0v) is 14.9. The largest absolute Gasteiger partial charge is 0.298 e. The Morgan fingerprint density at radius 2 is 1.76 bits per heavy atom. The number of para-hydroxylation sites is 1. The van der Waals surface area contributed by atoms with Gasteiger partial charge in [-0.15, -0.1) is 0 Å². The minimum absolute atomic E-state index is 0.185. The Morgan fingerprint density at radius 1 is 1.04 bits per heavy atom. The molecule has 0 fully saturated rings. The summed E-state index contributed by atoms with van der Waals surface area (Å²) < 4.78 is 0.688. The standard InChI is InChI=1S/C19H22N5O/c1-14-18(19(25)23(22-14)16-10-6-5-7-11-16)21-20-15-9-8-12-17(13-15)24(2,3)4/h5-13,18H,1-4H3/q+1/b21-20+. The maximum Gasteiger partial charge on any atom is 0.280 e. The SMILES string of the molecule is CC1=NN(c2ccccc2)C(=O)C1/N=N/c1cccc([N+](C)(C)C)c1. The van der Waals surface area contributed by atoms with Gasteiger partial charge in [0.05, 0.1) is 38.2 Å². The third-order valence-electron chi connectivity index (χ3n) is 3.99. The van der Waals surface area contributed by atoms with E-state index in [-0.39, 0.29) is 5.91 Å². The Balaban J connectivity index is 1.81. The molecule has 0 N–H and O–H groups in total. The number of hydrogen-bond acceptors (Lipinski definition) is 4. The molecule has 2 aromatic rings. The number of anilines is 1. The van der Waals surface area contributed by atoms with Crippen molar-refractivity contribution in [1.82, 2.24) is 4.48 Å². The normalized spacial score (nSPS) is 18.1. The highest BCUT2D eigenvalue weighted by molar-refractivity contribution is 6.18. The fourth-order valence-corrected chi connectivity index (χ4v) is 2.54. The van der Waals surface area contributed by atoms with Crippen molar-refractivity contribution in [2.24, 2.45) is 15.3 Å². The number of carbonyl (C=O) groups is 1. The second-order valence-electron chi connectivity index (χ2n) is 6.88. The molecule has 0 bridgehead atoms. The molecule has 3 rings (SSSR count). The molecule has 128 valence electrons. The first-order valence-electron chi connectivity index (χ1n) is 8.13. The first kappa shape index (κ1) is 17.0. The molecule has 0 saturated carbocycles. The van der Waals surface area contributed by atoms with Gasteiger partial charge >= 0.3 is 0 Å². The lowest BCUT2D eigenvalue weighted by Gasteiger charge is -2.23. The lowest BCUT2D eigenvalue weighted by atomic mass is 10.2. The van der Waals surface area contributed by atoms with Crippen molar-refractivity contribution < 1.29 is 4.79 Å². The van der Waals surface area contributed by atoms with Gasteiger partial charge in [0.2, 0.25) is 0 Å². The summed E-state index contributed by atoms with van der Waals surface area (Å²) in [5, 5.41) is 14.3. The van der Waals surface area contributed by atoms with Crippen LogP contribution in [0.25, 0.3) is 0 Å². The summed E-state index contributed by atoms with van der Waals surface area (Å²) in [5.74, 6) is -0.185. The monoisotopic (exact) mass is 336 g/mol. The maximum atomic E-state index is 12.6. The van der Waals surface area contributed by atoms with E-state index in [1.54, 1.807) is 6.92 Å². The molecule has 0 radical (unpaired) electrons. The summed E-state index contributed by atoms with van der Waals surface area (Å²) in [5.41, 5.74) is 3.21. The van der Waals surface area contributed by atoms with Crippen LogP contribution < -0.4 is 9.49 Å². The highest BCUT2D eigenvalue weighted by Crippen LogP contribution is 2.26. The Morgan fingerprint density at radius 3 is 2.44 bits per heavy atom. The number of carbonyl (C=O) groups excluding carboxylic acids is 1. The zero-order chi connectivity index (χ0) is 18.0. The topological polar surface area (TPSA) is 57.4 Å². The minimum atomic E-state index is -0.673. The van der Waals surface area contributed by atoms with Crippen LogP contribution in [0.4, 0.5) is 17.1 Å². The van der Waals surface area contributed by atoms with Crippen LogP contribution >= 0.6 is 0 Å². The molecule has 1 unspecified atom stereocenters. The molecule has 25 heavy (non-hydrogen) atoms. The van der Waals surface area contributed by atoms with E-state index in [1.165, 1.54) is 5.01 Å². The van der Waals surface area contributed by atoms with E-state index in [4.69, 9.17) is 0 Å². The van der Waals surface area contributed by atoms with E-state index in [2.05, 4.69) is 36.5 Å². The van der Waals surface area contributed by atoms with E-state index in [9.17, 15) is 4.79 Å². The molecular formula is C19H22N5O+. The van der Waals surface area contributed by atoms with Crippen LogP contribution in [-0.2, 0) is 4.79 Å². The van der Waals surface area contributed by atoms with Crippen LogP contribution in [0.3, 0.4) is 0 Å². The van der Waals surface area contributed by atoms with Crippen LogP contribution in [0.2, 0.25) is 0 Å².